The molecule has 0 aliphatic rings. The average Bonchev–Trinajstić information content (AvgIpc) is 2.69. The summed E-state index contributed by atoms with van der Waals surface area (Å²) in [7, 11) is 1.91. The van der Waals surface area contributed by atoms with E-state index in [0.29, 0.717) is 0 Å². The van der Waals surface area contributed by atoms with Crippen molar-refractivity contribution in [2.75, 3.05) is 6.54 Å². The highest BCUT2D eigenvalue weighted by atomic mass is 16.4. The summed E-state index contributed by atoms with van der Waals surface area (Å²) in [5.41, 5.74) is 6.69. The SMILES string of the molecule is CCC(NCCc1ccnn1C)C(N)=NO. The van der Waals surface area contributed by atoms with Crippen LogP contribution in [0, 0.1) is 0 Å². The molecule has 0 fully saturated rings. The van der Waals surface area contributed by atoms with E-state index in [0.717, 1.165) is 25.1 Å². The lowest BCUT2D eigenvalue weighted by Gasteiger charge is -2.14. The molecule has 0 aliphatic heterocycles. The minimum absolute atomic E-state index is 0.0711. The molecule has 1 rings (SSSR count). The molecular weight excluding hydrogens is 206 g/mol. The third-order valence-corrected chi connectivity index (χ3v) is 2.58. The first kappa shape index (κ1) is 12.5. The third kappa shape index (κ3) is 3.23. The highest BCUT2D eigenvalue weighted by Crippen LogP contribution is 1.97. The molecule has 6 heteroatoms. The smallest absolute Gasteiger partial charge is 0.156 e. The van der Waals surface area contributed by atoms with E-state index in [1.165, 1.54) is 0 Å². The number of aromatic nitrogens is 2. The second kappa shape index (κ2) is 6.12. The van der Waals surface area contributed by atoms with E-state index in [2.05, 4.69) is 15.6 Å². The number of nitrogens with one attached hydrogen (secondary N) is 1. The summed E-state index contributed by atoms with van der Waals surface area (Å²) in [5.74, 6) is 0.229. The molecule has 1 heterocycles. The zero-order valence-corrected chi connectivity index (χ0v) is 9.72. The van der Waals surface area contributed by atoms with Crippen LogP contribution in [0.4, 0.5) is 0 Å². The molecule has 0 saturated heterocycles. The van der Waals surface area contributed by atoms with Crippen molar-refractivity contribution in [3.63, 3.8) is 0 Å². The van der Waals surface area contributed by atoms with Crippen molar-refractivity contribution in [3.8, 4) is 0 Å². The third-order valence-electron chi connectivity index (χ3n) is 2.58. The van der Waals surface area contributed by atoms with Crippen LogP contribution in [0.15, 0.2) is 17.4 Å². The fourth-order valence-electron chi connectivity index (χ4n) is 1.55. The molecule has 16 heavy (non-hydrogen) atoms. The van der Waals surface area contributed by atoms with E-state index in [1.54, 1.807) is 6.20 Å². The largest absolute Gasteiger partial charge is 0.409 e. The molecule has 0 bridgehead atoms. The quantitative estimate of drug-likeness (QED) is 0.277. The van der Waals surface area contributed by atoms with Crippen molar-refractivity contribution in [2.45, 2.75) is 25.8 Å². The van der Waals surface area contributed by atoms with Crippen molar-refractivity contribution in [1.82, 2.24) is 15.1 Å². The van der Waals surface area contributed by atoms with Crippen molar-refractivity contribution in [2.24, 2.45) is 17.9 Å². The maximum absolute atomic E-state index is 8.57. The van der Waals surface area contributed by atoms with E-state index in [-0.39, 0.29) is 11.9 Å². The summed E-state index contributed by atoms with van der Waals surface area (Å²) in [4.78, 5) is 0. The topological polar surface area (TPSA) is 88.5 Å². The Hall–Kier alpha value is -1.56. The molecule has 0 saturated carbocycles. The van der Waals surface area contributed by atoms with Crippen LogP contribution >= 0.6 is 0 Å². The maximum atomic E-state index is 8.57. The summed E-state index contributed by atoms with van der Waals surface area (Å²) in [6.45, 7) is 2.76. The van der Waals surface area contributed by atoms with E-state index >= 15 is 0 Å². The van der Waals surface area contributed by atoms with E-state index in [4.69, 9.17) is 10.9 Å². The van der Waals surface area contributed by atoms with Crippen LogP contribution < -0.4 is 11.1 Å². The van der Waals surface area contributed by atoms with Gasteiger partial charge in [0.2, 0.25) is 0 Å². The van der Waals surface area contributed by atoms with Crippen molar-refractivity contribution in [1.29, 1.82) is 0 Å². The zero-order valence-electron chi connectivity index (χ0n) is 9.72. The fraction of sp³-hybridized carbons (Fsp3) is 0.600. The first-order valence-electron chi connectivity index (χ1n) is 5.36. The van der Waals surface area contributed by atoms with Crippen LogP contribution in [0.5, 0.6) is 0 Å². The van der Waals surface area contributed by atoms with Gasteiger partial charge in [-0.1, -0.05) is 12.1 Å². The molecule has 1 aromatic heterocycles. The zero-order chi connectivity index (χ0) is 12.0. The molecule has 0 radical (unpaired) electrons. The Morgan fingerprint density at radius 2 is 2.50 bits per heavy atom. The highest BCUT2D eigenvalue weighted by Gasteiger charge is 2.10. The number of oxime groups is 1. The minimum Gasteiger partial charge on any atom is -0.409 e. The van der Waals surface area contributed by atoms with Crippen LogP contribution in [0.2, 0.25) is 0 Å². The molecule has 6 nitrogen and oxygen atoms in total. The van der Waals surface area contributed by atoms with E-state index in [1.807, 2.05) is 24.7 Å². The number of amidine groups is 1. The first-order chi connectivity index (χ1) is 7.69. The average molecular weight is 225 g/mol. The monoisotopic (exact) mass is 225 g/mol. The van der Waals surface area contributed by atoms with Gasteiger partial charge >= 0.3 is 0 Å². The van der Waals surface area contributed by atoms with Crippen LogP contribution in [0.25, 0.3) is 0 Å². The Morgan fingerprint density at radius 1 is 1.75 bits per heavy atom. The number of hydrogen-bond donors (Lipinski definition) is 3. The Labute approximate surface area is 95.1 Å². The molecule has 0 spiro atoms. The van der Waals surface area contributed by atoms with Gasteiger partial charge in [0.15, 0.2) is 5.84 Å². The molecule has 1 aromatic rings. The molecule has 0 aliphatic carbocycles. The van der Waals surface area contributed by atoms with Gasteiger partial charge in [-0.25, -0.2) is 0 Å². The van der Waals surface area contributed by atoms with Gasteiger partial charge < -0.3 is 16.3 Å². The van der Waals surface area contributed by atoms with Gasteiger partial charge in [0.25, 0.3) is 0 Å². The van der Waals surface area contributed by atoms with Gasteiger partial charge in [0, 0.05) is 31.9 Å². The lowest BCUT2D eigenvalue weighted by molar-refractivity contribution is 0.314. The van der Waals surface area contributed by atoms with Gasteiger partial charge in [-0.05, 0) is 12.5 Å². The normalized spacial score (nSPS) is 14.0. The molecule has 0 aromatic carbocycles. The van der Waals surface area contributed by atoms with Gasteiger partial charge in [-0.15, -0.1) is 0 Å². The molecule has 1 unspecified atom stereocenters. The van der Waals surface area contributed by atoms with Crippen LogP contribution in [0.1, 0.15) is 19.0 Å². The molecule has 4 N–H and O–H groups in total. The lowest BCUT2D eigenvalue weighted by Crippen LogP contribution is -2.41. The Balaban J connectivity index is 2.37. The van der Waals surface area contributed by atoms with Crippen molar-refractivity contribution < 1.29 is 5.21 Å². The van der Waals surface area contributed by atoms with Crippen LogP contribution in [-0.4, -0.2) is 33.4 Å². The Morgan fingerprint density at radius 3 is 3.00 bits per heavy atom. The highest BCUT2D eigenvalue weighted by molar-refractivity contribution is 5.85. The van der Waals surface area contributed by atoms with Crippen molar-refractivity contribution >= 4 is 5.84 Å². The Bertz CT molecular complexity index is 347. The summed E-state index contributed by atoms with van der Waals surface area (Å²) in [6, 6.07) is 1.91. The van der Waals surface area contributed by atoms with Gasteiger partial charge in [0.1, 0.15) is 0 Å². The Kier molecular flexibility index (Phi) is 4.78. The number of rotatable bonds is 6. The molecule has 1 atom stereocenters. The number of nitrogens with zero attached hydrogens (tertiary/aromatic N) is 3. The fourth-order valence-corrected chi connectivity index (χ4v) is 1.55. The molecule has 0 amide bonds. The second-order valence-electron chi connectivity index (χ2n) is 3.64. The second-order valence-corrected chi connectivity index (χ2v) is 3.64. The molecule has 90 valence electrons. The van der Waals surface area contributed by atoms with E-state index in [9.17, 15) is 0 Å². The lowest BCUT2D eigenvalue weighted by atomic mass is 10.2. The van der Waals surface area contributed by atoms with Crippen molar-refractivity contribution in [3.05, 3.63) is 18.0 Å². The van der Waals surface area contributed by atoms with Gasteiger partial charge in [0.05, 0.1) is 6.04 Å². The van der Waals surface area contributed by atoms with Gasteiger partial charge in [-0.3, -0.25) is 4.68 Å². The predicted molar refractivity (Wildman–Crippen MR) is 62.4 cm³/mol. The summed E-state index contributed by atoms with van der Waals surface area (Å²) < 4.78 is 1.84. The minimum atomic E-state index is -0.0711. The summed E-state index contributed by atoms with van der Waals surface area (Å²) in [5, 5.41) is 18.9. The van der Waals surface area contributed by atoms with Crippen LogP contribution in [-0.2, 0) is 13.5 Å². The van der Waals surface area contributed by atoms with Crippen LogP contribution in [0.3, 0.4) is 0 Å². The predicted octanol–water partition coefficient (Wildman–Crippen LogP) is 0.0772. The summed E-state index contributed by atoms with van der Waals surface area (Å²) >= 11 is 0. The number of nitrogens with two attached hydrogens (primary N) is 1. The number of hydrogen-bond acceptors (Lipinski definition) is 4. The van der Waals surface area contributed by atoms with Gasteiger partial charge in [-0.2, -0.15) is 5.10 Å². The summed E-state index contributed by atoms with van der Waals surface area (Å²) in [6.07, 6.45) is 3.43. The first-order valence-corrected chi connectivity index (χ1v) is 5.36. The maximum Gasteiger partial charge on any atom is 0.156 e. The van der Waals surface area contributed by atoms with E-state index < -0.39 is 0 Å². The standard InChI is InChI=1S/C10H19N5O/c1-3-9(10(11)14-16)12-6-4-8-5-7-13-15(8)2/h5,7,9,12,16H,3-4,6H2,1-2H3,(H2,11,14). The molecular formula is C10H19N5O. The number of aryl methyl sites for hydroxylation is 1.